The Morgan fingerprint density at radius 1 is 1.43 bits per heavy atom. The van der Waals surface area contributed by atoms with Crippen molar-refractivity contribution >= 4 is 17.7 Å². The van der Waals surface area contributed by atoms with Gasteiger partial charge in [-0.25, -0.2) is 4.98 Å². The molecule has 1 aromatic heterocycles. The Labute approximate surface area is 124 Å². The van der Waals surface area contributed by atoms with Crippen LogP contribution in [0.3, 0.4) is 0 Å². The molecule has 0 saturated carbocycles. The first-order valence-corrected chi connectivity index (χ1v) is 7.23. The van der Waals surface area contributed by atoms with Crippen molar-refractivity contribution in [1.82, 2.24) is 4.98 Å². The number of carbonyl (C=O) groups is 2. The van der Waals surface area contributed by atoms with Crippen molar-refractivity contribution in [1.29, 1.82) is 0 Å². The summed E-state index contributed by atoms with van der Waals surface area (Å²) in [7, 11) is 0. The summed E-state index contributed by atoms with van der Waals surface area (Å²) in [6.07, 6.45) is 4.27. The number of pyridine rings is 1. The first-order chi connectivity index (χ1) is 10.00. The molecule has 0 spiro atoms. The van der Waals surface area contributed by atoms with E-state index in [1.54, 1.807) is 18.3 Å². The number of hydrogen-bond donors (Lipinski definition) is 2. The van der Waals surface area contributed by atoms with Crippen molar-refractivity contribution in [2.75, 3.05) is 18.0 Å². The van der Waals surface area contributed by atoms with Crippen LogP contribution in [0.5, 0.6) is 0 Å². The lowest BCUT2D eigenvalue weighted by Gasteiger charge is -2.39. The Morgan fingerprint density at radius 2 is 2.10 bits per heavy atom. The van der Waals surface area contributed by atoms with Crippen LogP contribution in [-0.2, 0) is 4.79 Å². The molecule has 21 heavy (non-hydrogen) atoms. The number of aromatic nitrogens is 1. The van der Waals surface area contributed by atoms with Crippen LogP contribution in [0.1, 0.15) is 43.0 Å². The number of aliphatic carboxylic acids is 1. The van der Waals surface area contributed by atoms with E-state index in [4.69, 9.17) is 5.73 Å². The SMILES string of the molecule is CCCC1(C(=O)O)CCN(c2ncccc2C(N)=O)CC1. The van der Waals surface area contributed by atoms with Gasteiger partial charge in [0.1, 0.15) is 5.82 Å². The minimum atomic E-state index is -0.722. The molecule has 2 rings (SSSR count). The predicted octanol–water partition coefficient (Wildman–Crippen LogP) is 1.65. The maximum absolute atomic E-state index is 11.6. The topological polar surface area (TPSA) is 96.5 Å². The number of anilines is 1. The Bertz CT molecular complexity index is 537. The lowest BCUT2D eigenvalue weighted by atomic mass is 9.75. The van der Waals surface area contributed by atoms with E-state index in [-0.39, 0.29) is 0 Å². The second-order valence-electron chi connectivity index (χ2n) is 5.56. The average Bonchev–Trinajstić information content (AvgIpc) is 2.48. The smallest absolute Gasteiger partial charge is 0.309 e. The van der Waals surface area contributed by atoms with Crippen LogP contribution >= 0.6 is 0 Å². The molecule has 1 fully saturated rings. The molecule has 1 saturated heterocycles. The van der Waals surface area contributed by atoms with Gasteiger partial charge in [-0.15, -0.1) is 0 Å². The Kier molecular flexibility index (Phi) is 4.45. The molecule has 6 nitrogen and oxygen atoms in total. The Balaban J connectivity index is 2.18. The van der Waals surface area contributed by atoms with Crippen LogP contribution in [0, 0.1) is 5.41 Å². The van der Waals surface area contributed by atoms with E-state index < -0.39 is 17.3 Å². The molecule has 0 aromatic carbocycles. The van der Waals surface area contributed by atoms with Crippen molar-refractivity contribution in [2.24, 2.45) is 11.1 Å². The summed E-state index contributed by atoms with van der Waals surface area (Å²) in [6, 6.07) is 3.32. The number of carboxylic acid groups (broad SMARTS) is 1. The fraction of sp³-hybridized carbons (Fsp3) is 0.533. The normalized spacial score (nSPS) is 17.5. The summed E-state index contributed by atoms with van der Waals surface area (Å²) in [5.74, 6) is -0.678. The lowest BCUT2D eigenvalue weighted by Crippen LogP contribution is -2.45. The fourth-order valence-electron chi connectivity index (χ4n) is 3.04. The summed E-state index contributed by atoms with van der Waals surface area (Å²) < 4.78 is 0. The maximum Gasteiger partial charge on any atom is 0.309 e. The van der Waals surface area contributed by atoms with Crippen molar-refractivity contribution < 1.29 is 14.7 Å². The number of nitrogens with two attached hydrogens (primary N) is 1. The fourth-order valence-corrected chi connectivity index (χ4v) is 3.04. The molecule has 0 aliphatic carbocycles. The van der Waals surface area contributed by atoms with Crippen molar-refractivity contribution in [2.45, 2.75) is 32.6 Å². The number of carbonyl (C=O) groups excluding carboxylic acids is 1. The molecule has 0 radical (unpaired) electrons. The van der Waals surface area contributed by atoms with Crippen LogP contribution in [-0.4, -0.2) is 35.1 Å². The molecule has 0 atom stereocenters. The highest BCUT2D eigenvalue weighted by molar-refractivity contribution is 5.97. The Hall–Kier alpha value is -2.11. The molecular formula is C15H21N3O3. The quantitative estimate of drug-likeness (QED) is 0.860. The number of piperidine rings is 1. The van der Waals surface area contributed by atoms with Crippen molar-refractivity contribution in [3.05, 3.63) is 23.9 Å². The third-order valence-corrected chi connectivity index (χ3v) is 4.25. The zero-order chi connectivity index (χ0) is 15.5. The molecule has 3 N–H and O–H groups in total. The molecule has 0 unspecified atom stereocenters. The summed E-state index contributed by atoms with van der Waals surface area (Å²) in [5.41, 5.74) is 5.11. The van der Waals surface area contributed by atoms with Gasteiger partial charge in [-0.05, 0) is 31.4 Å². The van der Waals surface area contributed by atoms with Crippen LogP contribution in [0.15, 0.2) is 18.3 Å². The average molecular weight is 291 g/mol. The van der Waals surface area contributed by atoms with Gasteiger partial charge >= 0.3 is 5.97 Å². The summed E-state index contributed by atoms with van der Waals surface area (Å²) in [4.78, 5) is 29.2. The first kappa shape index (κ1) is 15.3. The Morgan fingerprint density at radius 3 is 2.62 bits per heavy atom. The van der Waals surface area contributed by atoms with Gasteiger partial charge in [0, 0.05) is 19.3 Å². The minimum absolute atomic E-state index is 0.385. The van der Waals surface area contributed by atoms with E-state index in [9.17, 15) is 14.7 Å². The van der Waals surface area contributed by atoms with E-state index in [2.05, 4.69) is 4.98 Å². The van der Waals surface area contributed by atoms with Gasteiger partial charge in [0.05, 0.1) is 11.0 Å². The molecule has 6 heteroatoms. The zero-order valence-electron chi connectivity index (χ0n) is 12.2. The van der Waals surface area contributed by atoms with E-state index in [1.807, 2.05) is 11.8 Å². The standard InChI is InChI=1S/C15H21N3O3/c1-2-5-15(14(20)21)6-9-18(10-7-15)13-11(12(16)19)4-3-8-17-13/h3-4,8H,2,5-7,9-10H2,1H3,(H2,16,19)(H,20,21). The first-order valence-electron chi connectivity index (χ1n) is 7.23. The van der Waals surface area contributed by atoms with Crippen LogP contribution in [0.2, 0.25) is 0 Å². The number of primary amides is 1. The van der Waals surface area contributed by atoms with E-state index in [0.717, 1.165) is 6.42 Å². The molecule has 2 heterocycles. The predicted molar refractivity (Wildman–Crippen MR) is 79.2 cm³/mol. The van der Waals surface area contributed by atoms with Gasteiger partial charge in [0.25, 0.3) is 5.91 Å². The molecule has 1 amide bonds. The third kappa shape index (κ3) is 2.99. The highest BCUT2D eigenvalue weighted by Gasteiger charge is 2.41. The highest BCUT2D eigenvalue weighted by atomic mass is 16.4. The van der Waals surface area contributed by atoms with E-state index in [0.29, 0.717) is 43.7 Å². The second-order valence-corrected chi connectivity index (χ2v) is 5.56. The summed E-state index contributed by atoms with van der Waals surface area (Å²) in [6.45, 7) is 3.15. The van der Waals surface area contributed by atoms with Crippen molar-refractivity contribution in [3.63, 3.8) is 0 Å². The molecule has 1 aliphatic rings. The maximum atomic E-state index is 11.6. The summed E-state index contributed by atoms with van der Waals surface area (Å²) >= 11 is 0. The van der Waals surface area contributed by atoms with Crippen molar-refractivity contribution in [3.8, 4) is 0 Å². The molecule has 1 aromatic rings. The second kappa shape index (κ2) is 6.11. The number of carboxylic acids is 1. The summed E-state index contributed by atoms with van der Waals surface area (Å²) in [5, 5.41) is 9.51. The van der Waals surface area contributed by atoms with Crippen LogP contribution in [0.25, 0.3) is 0 Å². The monoisotopic (exact) mass is 291 g/mol. The molecular weight excluding hydrogens is 270 g/mol. The largest absolute Gasteiger partial charge is 0.481 e. The number of rotatable bonds is 5. The van der Waals surface area contributed by atoms with Gasteiger partial charge in [-0.1, -0.05) is 13.3 Å². The third-order valence-electron chi connectivity index (χ3n) is 4.25. The van der Waals surface area contributed by atoms with E-state index in [1.165, 1.54) is 0 Å². The molecule has 114 valence electrons. The van der Waals surface area contributed by atoms with E-state index >= 15 is 0 Å². The van der Waals surface area contributed by atoms with Crippen LogP contribution in [0.4, 0.5) is 5.82 Å². The zero-order valence-corrected chi connectivity index (χ0v) is 12.2. The number of nitrogens with zero attached hydrogens (tertiary/aromatic N) is 2. The lowest BCUT2D eigenvalue weighted by molar-refractivity contribution is -0.150. The van der Waals surface area contributed by atoms with Gasteiger partial charge in [-0.2, -0.15) is 0 Å². The number of hydrogen-bond acceptors (Lipinski definition) is 4. The van der Waals surface area contributed by atoms with Crippen LogP contribution < -0.4 is 10.6 Å². The minimum Gasteiger partial charge on any atom is -0.481 e. The van der Waals surface area contributed by atoms with Gasteiger partial charge in [-0.3, -0.25) is 9.59 Å². The van der Waals surface area contributed by atoms with Gasteiger partial charge < -0.3 is 15.7 Å². The van der Waals surface area contributed by atoms with Gasteiger partial charge in [0.15, 0.2) is 0 Å². The number of amides is 1. The van der Waals surface area contributed by atoms with Gasteiger partial charge in [0.2, 0.25) is 0 Å². The molecule has 1 aliphatic heterocycles. The molecule has 0 bridgehead atoms. The highest BCUT2D eigenvalue weighted by Crippen LogP contribution is 2.37.